The number of amides is 1. The maximum atomic E-state index is 13.4. The van der Waals surface area contributed by atoms with Gasteiger partial charge in [-0.1, -0.05) is 0 Å². The third-order valence-corrected chi connectivity index (χ3v) is 13.8. The second-order valence-corrected chi connectivity index (χ2v) is 16.6. The molecule has 1 radical (unpaired) electrons. The first-order valence-electron chi connectivity index (χ1n) is 11.4. The van der Waals surface area contributed by atoms with Gasteiger partial charge in [0.15, 0.2) is 0 Å². The van der Waals surface area contributed by atoms with E-state index < -0.39 is 27.4 Å². The van der Waals surface area contributed by atoms with Crippen LogP contribution in [0.5, 0.6) is 0 Å². The van der Waals surface area contributed by atoms with Gasteiger partial charge < -0.3 is 0 Å². The molecule has 181 valence electrons. The first kappa shape index (κ1) is 25.5. The summed E-state index contributed by atoms with van der Waals surface area (Å²) in [5.41, 5.74) is 1.38. The maximum absolute atomic E-state index is 13.4. The van der Waals surface area contributed by atoms with Crippen molar-refractivity contribution in [3.8, 4) is 0 Å². The Bertz CT molecular complexity index is 1470. The fourth-order valence-electron chi connectivity index (χ4n) is 3.86. The van der Waals surface area contributed by atoms with Gasteiger partial charge in [0.25, 0.3) is 0 Å². The summed E-state index contributed by atoms with van der Waals surface area (Å²) in [6.07, 6.45) is 4.79. The van der Waals surface area contributed by atoms with E-state index in [4.69, 9.17) is 0 Å². The molecular weight excluding hydrogens is 543 g/mol. The van der Waals surface area contributed by atoms with E-state index in [0.717, 1.165) is 28.4 Å². The van der Waals surface area contributed by atoms with Gasteiger partial charge in [-0.15, -0.1) is 0 Å². The molecule has 0 aliphatic heterocycles. The molecule has 2 heterocycles. The summed E-state index contributed by atoms with van der Waals surface area (Å²) >= 11 is 0.0461. The summed E-state index contributed by atoms with van der Waals surface area (Å²) in [5, 5.41) is 6.20. The number of benzene rings is 2. The second kappa shape index (κ2) is 11.5. The van der Waals surface area contributed by atoms with Crippen LogP contribution in [0.4, 0.5) is 5.69 Å². The van der Waals surface area contributed by atoms with E-state index in [1.807, 2.05) is 54.6 Å². The normalized spacial score (nSPS) is 12.9. The standard InChI is InChI=1S/C26H26AsN2O4S2/c1-18(30)9-3-2-4-12-22(26(31)29-20-15-19-10-5-7-13-23(19)28-16-20)27-35(32,33)25-17-34-24-14-8-6-11-21(24)25/h5-8,10-11,13-17,22H,2-4,9,12H2,1H3,(H,29,31)/t22-/m0/s1. The Hall–Kier alpha value is -2.54. The number of hydrogen-bond donors (Lipinski definition) is 1. The van der Waals surface area contributed by atoms with Crippen LogP contribution in [0.15, 0.2) is 71.1 Å². The molecule has 1 N–H and O–H groups in total. The molecule has 4 aromatic rings. The predicted octanol–water partition coefficient (Wildman–Crippen LogP) is 5.81. The molecule has 0 unspecified atom stereocenters. The van der Waals surface area contributed by atoms with E-state index in [1.54, 1.807) is 18.5 Å². The molecule has 4 rings (SSSR count). The molecule has 2 aromatic carbocycles. The van der Waals surface area contributed by atoms with E-state index in [0.29, 0.717) is 35.2 Å². The number of nitrogens with one attached hydrogen (secondary N) is 1. The van der Waals surface area contributed by atoms with Gasteiger partial charge in [-0.05, 0) is 0 Å². The molecule has 0 spiro atoms. The number of anilines is 1. The Kier molecular flexibility index (Phi) is 8.37. The molecule has 1 amide bonds. The second-order valence-electron chi connectivity index (χ2n) is 8.40. The average molecular weight is 570 g/mol. The van der Waals surface area contributed by atoms with Crippen LogP contribution in [-0.2, 0) is 17.7 Å². The minimum absolute atomic E-state index is 0.140. The summed E-state index contributed by atoms with van der Waals surface area (Å²) in [4.78, 5) is 29.2. The zero-order chi connectivity index (χ0) is 24.8. The van der Waals surface area contributed by atoms with Crippen LogP contribution in [0.3, 0.4) is 0 Å². The monoisotopic (exact) mass is 569 g/mol. The van der Waals surface area contributed by atoms with Gasteiger partial charge in [-0.25, -0.2) is 0 Å². The number of aromatic nitrogens is 1. The summed E-state index contributed by atoms with van der Waals surface area (Å²) in [5.74, 6) is -0.155. The molecule has 1 atom stereocenters. The zero-order valence-corrected chi connectivity index (χ0v) is 22.8. The molecule has 0 bridgehead atoms. The van der Waals surface area contributed by atoms with Crippen molar-refractivity contribution in [2.24, 2.45) is 0 Å². The number of para-hydroxylation sites is 1. The predicted molar refractivity (Wildman–Crippen MR) is 143 cm³/mol. The van der Waals surface area contributed by atoms with Crippen molar-refractivity contribution in [3.05, 3.63) is 66.2 Å². The number of pyridine rings is 1. The number of rotatable bonds is 11. The van der Waals surface area contributed by atoms with Crippen molar-refractivity contribution in [2.45, 2.75) is 48.6 Å². The molecule has 6 nitrogen and oxygen atoms in total. The van der Waals surface area contributed by atoms with Gasteiger partial charge in [-0.3, -0.25) is 0 Å². The SMILES string of the molecule is CC(=O)CCCCC[C@H]([As]S(=O)(=O)c1csc2ccccc12)C(=O)Nc1cnc2ccccc2c1. The Labute approximate surface area is 214 Å². The fraction of sp³-hybridized carbons (Fsp3) is 0.269. The van der Waals surface area contributed by atoms with Gasteiger partial charge >= 0.3 is 216 Å². The molecule has 0 aliphatic carbocycles. The van der Waals surface area contributed by atoms with Crippen molar-refractivity contribution in [2.75, 3.05) is 5.32 Å². The summed E-state index contributed by atoms with van der Waals surface area (Å²) in [7, 11) is -3.60. The van der Waals surface area contributed by atoms with E-state index in [1.165, 1.54) is 11.3 Å². The van der Waals surface area contributed by atoms with Crippen molar-refractivity contribution in [3.63, 3.8) is 0 Å². The Balaban J connectivity index is 1.53. The van der Waals surface area contributed by atoms with Crippen molar-refractivity contribution >= 4 is 72.4 Å². The number of thiophene rings is 1. The Morgan fingerprint density at radius 3 is 2.66 bits per heavy atom. The van der Waals surface area contributed by atoms with Gasteiger partial charge in [0, 0.05) is 0 Å². The van der Waals surface area contributed by atoms with Crippen LogP contribution in [0.25, 0.3) is 21.0 Å². The third-order valence-electron chi connectivity index (χ3n) is 5.66. The van der Waals surface area contributed by atoms with E-state index >= 15 is 0 Å². The van der Waals surface area contributed by atoms with Crippen LogP contribution >= 0.6 is 11.3 Å². The summed E-state index contributed by atoms with van der Waals surface area (Å²) in [6, 6.07) is 16.9. The average Bonchev–Trinajstić information content (AvgIpc) is 3.28. The van der Waals surface area contributed by atoms with Crippen molar-refractivity contribution in [1.29, 1.82) is 0 Å². The number of carbonyl (C=O) groups excluding carboxylic acids is 2. The summed E-state index contributed by atoms with van der Waals surface area (Å²) < 4.78 is 27.2. The topological polar surface area (TPSA) is 93.2 Å². The van der Waals surface area contributed by atoms with Gasteiger partial charge in [-0.2, -0.15) is 0 Å². The Morgan fingerprint density at radius 1 is 1.06 bits per heavy atom. The van der Waals surface area contributed by atoms with Gasteiger partial charge in [0.1, 0.15) is 0 Å². The number of unbranched alkanes of at least 4 members (excludes halogenated alkanes) is 2. The zero-order valence-electron chi connectivity index (χ0n) is 19.3. The number of nitrogens with zero attached hydrogens (tertiary/aromatic N) is 1. The molecule has 0 saturated heterocycles. The molecule has 0 aliphatic rings. The van der Waals surface area contributed by atoms with E-state index in [2.05, 4.69) is 10.3 Å². The molecular formula is C26H26AsN2O4S2. The Morgan fingerprint density at radius 2 is 1.83 bits per heavy atom. The first-order valence-corrected chi connectivity index (χ1v) is 17.1. The number of hydrogen-bond acceptors (Lipinski definition) is 6. The molecule has 0 saturated carbocycles. The van der Waals surface area contributed by atoms with Crippen LogP contribution in [-0.4, -0.2) is 39.7 Å². The van der Waals surface area contributed by atoms with Gasteiger partial charge in [0.2, 0.25) is 0 Å². The van der Waals surface area contributed by atoms with Crippen molar-refractivity contribution < 1.29 is 18.0 Å². The number of ketones is 1. The molecule has 9 heteroatoms. The quantitative estimate of drug-likeness (QED) is 0.182. The number of carbonyl (C=O) groups is 2. The van der Waals surface area contributed by atoms with Gasteiger partial charge in [0.05, 0.1) is 0 Å². The number of fused-ring (bicyclic) bond motifs is 2. The molecule has 2 aromatic heterocycles. The van der Waals surface area contributed by atoms with Crippen LogP contribution in [0.1, 0.15) is 39.0 Å². The van der Waals surface area contributed by atoms with Crippen LogP contribution in [0, 0.1) is 0 Å². The molecule has 0 fully saturated rings. The van der Waals surface area contributed by atoms with E-state index in [9.17, 15) is 18.0 Å². The fourth-order valence-corrected chi connectivity index (χ4v) is 12.5. The van der Waals surface area contributed by atoms with Crippen LogP contribution < -0.4 is 5.32 Å². The van der Waals surface area contributed by atoms with Crippen LogP contribution in [0.2, 0.25) is 4.71 Å². The van der Waals surface area contributed by atoms with Crippen molar-refractivity contribution in [1.82, 2.24) is 4.98 Å². The van der Waals surface area contributed by atoms with E-state index in [-0.39, 0.29) is 11.7 Å². The molecule has 35 heavy (non-hydrogen) atoms. The number of Topliss-reactive ketones (excluding diaryl/α,β-unsaturated/α-hetero) is 1. The third kappa shape index (κ3) is 6.57. The summed E-state index contributed by atoms with van der Waals surface area (Å²) in [6.45, 7) is 1.57. The minimum atomic E-state index is -3.60. The first-order chi connectivity index (χ1) is 16.8.